The molecule has 10 rings (SSSR count). The summed E-state index contributed by atoms with van der Waals surface area (Å²) < 4.78 is 28.4. The lowest BCUT2D eigenvalue weighted by Gasteiger charge is -2.36. The monoisotopic (exact) mass is 655 g/mol. The smallest absolute Gasteiger partial charge is 0.224 e. The minimum atomic E-state index is -0.476. The SMILES string of the molecule is CN1CCC[C@H]1COc1nc2c(F)c(-c3cc(O)cc4ccccc34)c(CCC#N)cc2c2c1c(-c1cnn(C)c1)cn2C1C2CNC1C2. The summed E-state index contributed by atoms with van der Waals surface area (Å²) in [7, 11) is 4.03. The molecule has 49 heavy (non-hydrogen) atoms. The second-order valence-electron chi connectivity index (χ2n) is 14.1. The maximum atomic E-state index is 17.6. The molecule has 3 aliphatic heterocycles. The van der Waals surface area contributed by atoms with Crippen molar-refractivity contribution in [3.63, 3.8) is 0 Å². The Hall–Kier alpha value is -4.98. The number of likely N-dealkylation sites (N-methyl/N-ethyl adjacent to an activating group) is 1. The van der Waals surface area contributed by atoms with E-state index in [1.807, 2.05) is 49.8 Å². The molecule has 2 bridgehead atoms. The Bertz CT molecular complexity index is 2310. The molecule has 0 radical (unpaired) electrons. The van der Waals surface area contributed by atoms with Crippen molar-refractivity contribution in [1.29, 1.82) is 5.26 Å². The predicted octanol–water partition coefficient (Wildman–Crippen LogP) is 6.72. The first-order valence-corrected chi connectivity index (χ1v) is 17.2. The quantitative estimate of drug-likeness (QED) is 0.188. The van der Waals surface area contributed by atoms with E-state index in [9.17, 15) is 10.4 Å². The van der Waals surface area contributed by atoms with E-state index < -0.39 is 5.82 Å². The lowest BCUT2D eigenvalue weighted by Crippen LogP contribution is -2.38. The number of nitrogens with one attached hydrogen (secondary N) is 1. The van der Waals surface area contributed by atoms with Gasteiger partial charge in [-0.3, -0.25) is 4.68 Å². The highest BCUT2D eigenvalue weighted by atomic mass is 19.1. The molecule has 4 aliphatic rings. The predicted molar refractivity (Wildman–Crippen MR) is 188 cm³/mol. The lowest BCUT2D eigenvalue weighted by atomic mass is 9.80. The summed E-state index contributed by atoms with van der Waals surface area (Å²) in [5.41, 5.74) is 4.67. The van der Waals surface area contributed by atoms with Crippen LogP contribution < -0.4 is 10.1 Å². The minimum absolute atomic E-state index is 0.0514. The number of benzene rings is 3. The molecule has 0 amide bonds. The molecular formula is C39H38FN7O2. The molecule has 4 atom stereocenters. The molecule has 3 unspecified atom stereocenters. The molecule has 6 aromatic rings. The van der Waals surface area contributed by atoms with Gasteiger partial charge in [0.1, 0.15) is 17.9 Å². The number of aryl methyl sites for hydroxylation is 2. The zero-order valence-corrected chi connectivity index (χ0v) is 27.7. The summed E-state index contributed by atoms with van der Waals surface area (Å²) in [6.45, 7) is 2.42. The number of aromatic nitrogens is 4. The van der Waals surface area contributed by atoms with E-state index >= 15 is 4.39 Å². The Kier molecular flexibility index (Phi) is 7.11. The number of nitriles is 1. The van der Waals surface area contributed by atoms with Gasteiger partial charge in [-0.15, -0.1) is 0 Å². The number of phenols is 1. The van der Waals surface area contributed by atoms with Crippen molar-refractivity contribution in [2.24, 2.45) is 13.0 Å². The molecule has 3 saturated heterocycles. The minimum Gasteiger partial charge on any atom is -0.508 e. The van der Waals surface area contributed by atoms with Crippen LogP contribution in [0.3, 0.4) is 0 Å². The van der Waals surface area contributed by atoms with Crippen LogP contribution in [0.5, 0.6) is 11.6 Å². The van der Waals surface area contributed by atoms with Gasteiger partial charge < -0.3 is 24.6 Å². The summed E-state index contributed by atoms with van der Waals surface area (Å²) in [5, 5.41) is 31.8. The zero-order valence-electron chi connectivity index (χ0n) is 27.7. The molecule has 9 nitrogen and oxygen atoms in total. The summed E-state index contributed by atoms with van der Waals surface area (Å²) in [5.74, 6) is 0.463. The number of nitrogens with zero attached hydrogens (tertiary/aromatic N) is 6. The van der Waals surface area contributed by atoms with Gasteiger partial charge in [0.25, 0.3) is 0 Å². The summed E-state index contributed by atoms with van der Waals surface area (Å²) in [6.07, 6.45) is 9.89. The Morgan fingerprint density at radius 1 is 1.12 bits per heavy atom. The highest BCUT2D eigenvalue weighted by Crippen LogP contribution is 2.50. The molecule has 1 aliphatic carbocycles. The fourth-order valence-electron chi connectivity index (χ4n) is 8.69. The van der Waals surface area contributed by atoms with Crippen LogP contribution in [0.25, 0.3) is 54.8 Å². The molecular weight excluding hydrogens is 617 g/mol. The fraction of sp³-hybridized carbons (Fsp3) is 0.359. The van der Waals surface area contributed by atoms with Gasteiger partial charge in [-0.05, 0) is 85.3 Å². The number of aromatic hydroxyl groups is 1. The third-order valence-corrected chi connectivity index (χ3v) is 11.2. The molecule has 4 fully saturated rings. The number of likely N-dealkylation sites (tertiary alicyclic amines) is 1. The highest BCUT2D eigenvalue weighted by molar-refractivity contribution is 6.14. The fourth-order valence-corrected chi connectivity index (χ4v) is 8.69. The van der Waals surface area contributed by atoms with Gasteiger partial charge in [-0.2, -0.15) is 10.4 Å². The van der Waals surface area contributed by atoms with Crippen LogP contribution in [0.2, 0.25) is 0 Å². The maximum Gasteiger partial charge on any atom is 0.224 e. The molecule has 0 spiro atoms. The van der Waals surface area contributed by atoms with Crippen LogP contribution in [-0.4, -0.2) is 68.2 Å². The van der Waals surface area contributed by atoms with Gasteiger partial charge in [0.05, 0.1) is 29.2 Å². The standard InChI is InChI=1S/C39H38FN7O2/c1-45-12-6-9-26(45)21-49-39-34-31(25-18-43-46(2)19-25)20-47(37-24-15-32(37)42-17-24)38(34)30-14-23(8-5-11-41)33(35(40)36(30)44-39)29-16-27(48)13-22-7-3-4-10-28(22)29/h3-4,7,10,13-14,16,18-20,24,26,32,37,42,48H,5-6,8-9,12,15,17,21H2,1-2H3/t24?,26-,32?,37?/m0/s1. The van der Waals surface area contributed by atoms with Crippen molar-refractivity contribution in [1.82, 2.24) is 29.5 Å². The number of fused-ring (bicyclic) bond motifs is 5. The first-order valence-electron chi connectivity index (χ1n) is 17.2. The van der Waals surface area contributed by atoms with Gasteiger partial charge in [-0.25, -0.2) is 9.37 Å². The number of ether oxygens (including phenoxy) is 1. The van der Waals surface area contributed by atoms with Gasteiger partial charge in [0, 0.05) is 66.6 Å². The number of rotatable bonds is 8. The lowest BCUT2D eigenvalue weighted by molar-refractivity contribution is 0.195. The van der Waals surface area contributed by atoms with Crippen LogP contribution in [0.4, 0.5) is 4.39 Å². The van der Waals surface area contributed by atoms with Crippen molar-refractivity contribution in [2.75, 3.05) is 26.7 Å². The summed E-state index contributed by atoms with van der Waals surface area (Å²) >= 11 is 0. The van der Waals surface area contributed by atoms with Crippen molar-refractivity contribution >= 4 is 32.6 Å². The number of hydrogen-bond donors (Lipinski definition) is 2. The van der Waals surface area contributed by atoms with Gasteiger partial charge >= 0.3 is 0 Å². The average Bonchev–Trinajstić information content (AvgIpc) is 3.93. The van der Waals surface area contributed by atoms with Gasteiger partial charge in [0.2, 0.25) is 5.88 Å². The van der Waals surface area contributed by atoms with E-state index in [0.29, 0.717) is 52.9 Å². The Balaban J connectivity index is 1.36. The van der Waals surface area contributed by atoms with Crippen LogP contribution in [0, 0.1) is 23.1 Å². The van der Waals surface area contributed by atoms with E-state index in [4.69, 9.17) is 9.72 Å². The molecule has 3 aromatic carbocycles. The highest BCUT2D eigenvalue weighted by Gasteiger charge is 2.48. The second-order valence-corrected chi connectivity index (χ2v) is 14.1. The summed E-state index contributed by atoms with van der Waals surface area (Å²) in [6, 6.07) is 16.1. The van der Waals surface area contributed by atoms with E-state index in [0.717, 1.165) is 65.2 Å². The number of phenolic OH excluding ortho intramolecular Hbond substituents is 1. The largest absolute Gasteiger partial charge is 0.508 e. The van der Waals surface area contributed by atoms with Gasteiger partial charge in [0.15, 0.2) is 5.82 Å². The van der Waals surface area contributed by atoms with E-state index in [1.165, 1.54) is 0 Å². The van der Waals surface area contributed by atoms with Crippen LogP contribution in [0.15, 0.2) is 61.1 Å². The number of halogens is 1. The van der Waals surface area contributed by atoms with Crippen LogP contribution in [0.1, 0.15) is 37.3 Å². The first kappa shape index (κ1) is 30.1. The third kappa shape index (κ3) is 4.78. The third-order valence-electron chi connectivity index (χ3n) is 11.2. The van der Waals surface area contributed by atoms with Crippen LogP contribution in [-0.2, 0) is 13.5 Å². The van der Waals surface area contributed by atoms with Crippen molar-refractivity contribution in [3.8, 4) is 40.0 Å². The van der Waals surface area contributed by atoms with E-state index in [2.05, 4.69) is 39.2 Å². The van der Waals surface area contributed by atoms with Crippen molar-refractivity contribution in [2.45, 2.75) is 50.2 Å². The first-order chi connectivity index (χ1) is 23.9. The molecule has 10 heteroatoms. The molecule has 3 aromatic heterocycles. The zero-order chi connectivity index (χ0) is 33.4. The summed E-state index contributed by atoms with van der Waals surface area (Å²) in [4.78, 5) is 7.38. The molecule has 6 heterocycles. The molecule has 248 valence electrons. The number of pyridine rings is 1. The van der Waals surface area contributed by atoms with E-state index in [1.54, 1.807) is 16.8 Å². The number of hydrogen-bond acceptors (Lipinski definition) is 7. The Morgan fingerprint density at radius 2 is 2.00 bits per heavy atom. The average molecular weight is 656 g/mol. The maximum absolute atomic E-state index is 17.6. The molecule has 2 N–H and O–H groups in total. The second kappa shape index (κ2) is 11.6. The Labute approximate surface area is 283 Å². The molecule has 1 saturated carbocycles. The normalized spacial score (nSPS) is 21.9. The topological polar surface area (TPSA) is 104 Å². The van der Waals surface area contributed by atoms with Crippen molar-refractivity contribution < 1.29 is 14.2 Å². The van der Waals surface area contributed by atoms with Gasteiger partial charge in [-0.1, -0.05) is 24.3 Å². The van der Waals surface area contributed by atoms with E-state index in [-0.39, 0.29) is 29.8 Å². The van der Waals surface area contributed by atoms with Crippen LogP contribution >= 0.6 is 0 Å². The van der Waals surface area contributed by atoms with Crippen molar-refractivity contribution in [3.05, 3.63) is 72.4 Å². The Morgan fingerprint density at radius 3 is 2.73 bits per heavy atom.